The summed E-state index contributed by atoms with van der Waals surface area (Å²) in [4.78, 5) is 41.7. The van der Waals surface area contributed by atoms with Gasteiger partial charge in [0.05, 0.1) is 0 Å². The third kappa shape index (κ3) is 8.26. The number of nitrogens with zero attached hydrogens (tertiary/aromatic N) is 1. The van der Waals surface area contributed by atoms with Crippen LogP contribution in [-0.4, -0.2) is 47.3 Å². The molecule has 4 atom stereocenters. The van der Waals surface area contributed by atoms with Gasteiger partial charge >= 0.3 is 0 Å². The van der Waals surface area contributed by atoms with Gasteiger partial charge in [-0.3, -0.25) is 14.4 Å². The molecule has 0 radical (unpaired) electrons. The van der Waals surface area contributed by atoms with Crippen LogP contribution >= 0.6 is 0 Å². The van der Waals surface area contributed by atoms with Gasteiger partial charge < -0.3 is 21.3 Å². The zero-order valence-electron chi connectivity index (χ0n) is 24.4. The Morgan fingerprint density at radius 3 is 2.40 bits per heavy atom. The molecule has 0 bridgehead atoms. The number of carbonyl (C=O) groups is 3. The summed E-state index contributed by atoms with van der Waals surface area (Å²) in [7, 11) is 0. The van der Waals surface area contributed by atoms with Crippen molar-refractivity contribution >= 4 is 23.4 Å². The molecule has 42 heavy (non-hydrogen) atoms. The van der Waals surface area contributed by atoms with Crippen LogP contribution in [0, 0.1) is 11.7 Å². The molecule has 3 aromatic carbocycles. The van der Waals surface area contributed by atoms with Crippen LogP contribution in [0.5, 0.6) is 0 Å². The van der Waals surface area contributed by atoms with Crippen LogP contribution < -0.4 is 16.4 Å². The Hall–Kier alpha value is -4.04. The lowest BCUT2D eigenvalue weighted by Gasteiger charge is -2.35. The lowest BCUT2D eigenvalue weighted by molar-refractivity contribution is -0.119. The average Bonchev–Trinajstić information content (AvgIpc) is 3.01. The van der Waals surface area contributed by atoms with E-state index in [0.717, 1.165) is 37.8 Å². The van der Waals surface area contributed by atoms with Gasteiger partial charge in [-0.15, -0.1) is 0 Å². The number of anilines is 1. The van der Waals surface area contributed by atoms with Crippen molar-refractivity contribution in [3.05, 3.63) is 101 Å². The van der Waals surface area contributed by atoms with Gasteiger partial charge in [-0.05, 0) is 86.6 Å². The van der Waals surface area contributed by atoms with E-state index in [9.17, 15) is 18.8 Å². The van der Waals surface area contributed by atoms with E-state index in [1.54, 1.807) is 31.2 Å². The zero-order valence-corrected chi connectivity index (χ0v) is 24.4. The second-order valence-electron chi connectivity index (χ2n) is 11.2. The lowest BCUT2D eigenvalue weighted by Crippen LogP contribution is -2.50. The fraction of sp³-hybridized carbons (Fsp3) is 0.382. The fourth-order valence-electron chi connectivity index (χ4n) is 5.56. The number of halogens is 1. The topological polar surface area (TPSA) is 105 Å². The van der Waals surface area contributed by atoms with Gasteiger partial charge in [-0.1, -0.05) is 50.2 Å². The van der Waals surface area contributed by atoms with E-state index < -0.39 is 18.0 Å². The molecule has 7 nitrogen and oxygen atoms in total. The summed E-state index contributed by atoms with van der Waals surface area (Å²) in [5.41, 5.74) is 9.03. The minimum Gasteiger partial charge on any atom is -0.347 e. The smallest absolute Gasteiger partial charge is 0.254 e. The summed E-state index contributed by atoms with van der Waals surface area (Å²) in [6.07, 6.45) is 4.82. The standard InChI is InChI=1S/C34H41FN4O3/c1-3-29-14-7-8-19-39(29)34(42)26-13-9-12-25(22-26)33(41)38-31(21-24-10-5-4-6-11-24)30(36)20-23(2)32(40)37-28-17-15-27(35)16-18-28/h4-6,9-13,15-18,22-23,29-31H,3,7-8,14,19-21,36H2,1-2H3,(H,37,40)(H,38,41)/t23-,29?,30+,31+/m1/s1. The van der Waals surface area contributed by atoms with Crippen molar-refractivity contribution in [2.45, 2.75) is 70.5 Å². The molecule has 1 heterocycles. The van der Waals surface area contributed by atoms with E-state index >= 15 is 0 Å². The van der Waals surface area contributed by atoms with E-state index in [4.69, 9.17) is 5.73 Å². The molecule has 0 spiro atoms. The van der Waals surface area contributed by atoms with Gasteiger partial charge in [0.2, 0.25) is 5.91 Å². The second-order valence-corrected chi connectivity index (χ2v) is 11.2. The molecule has 8 heteroatoms. The number of nitrogens with one attached hydrogen (secondary N) is 2. The molecule has 4 N–H and O–H groups in total. The van der Waals surface area contributed by atoms with Crippen molar-refractivity contribution in [2.24, 2.45) is 11.7 Å². The number of carbonyl (C=O) groups excluding carboxylic acids is 3. The maximum atomic E-state index is 13.5. The van der Waals surface area contributed by atoms with Gasteiger partial charge in [0.25, 0.3) is 11.8 Å². The molecule has 3 amide bonds. The monoisotopic (exact) mass is 572 g/mol. The summed E-state index contributed by atoms with van der Waals surface area (Å²) in [6.45, 7) is 4.61. The van der Waals surface area contributed by atoms with Crippen LogP contribution in [0.25, 0.3) is 0 Å². The summed E-state index contributed by atoms with van der Waals surface area (Å²) < 4.78 is 13.2. The van der Waals surface area contributed by atoms with Crippen molar-refractivity contribution < 1.29 is 18.8 Å². The van der Waals surface area contributed by atoms with Crippen LogP contribution in [-0.2, 0) is 11.2 Å². The summed E-state index contributed by atoms with van der Waals surface area (Å²) >= 11 is 0. The Labute approximate surface area is 247 Å². The van der Waals surface area contributed by atoms with Gasteiger partial charge in [0, 0.05) is 47.4 Å². The largest absolute Gasteiger partial charge is 0.347 e. The van der Waals surface area contributed by atoms with E-state index in [-0.39, 0.29) is 29.6 Å². The Morgan fingerprint density at radius 1 is 0.976 bits per heavy atom. The predicted molar refractivity (Wildman–Crippen MR) is 164 cm³/mol. The molecule has 1 saturated heterocycles. The van der Waals surface area contributed by atoms with Crippen LogP contribution in [0.15, 0.2) is 78.9 Å². The normalized spacial score (nSPS) is 17.1. The molecule has 1 aliphatic rings. The maximum absolute atomic E-state index is 13.5. The van der Waals surface area contributed by atoms with Crippen LogP contribution in [0.3, 0.4) is 0 Å². The maximum Gasteiger partial charge on any atom is 0.254 e. The Balaban J connectivity index is 1.46. The van der Waals surface area contributed by atoms with Gasteiger partial charge in [0.15, 0.2) is 0 Å². The van der Waals surface area contributed by atoms with E-state index in [1.807, 2.05) is 35.2 Å². The molecular formula is C34H41FN4O3. The van der Waals surface area contributed by atoms with Crippen molar-refractivity contribution in [3.8, 4) is 0 Å². The average molecular weight is 573 g/mol. The molecule has 1 unspecified atom stereocenters. The molecule has 4 rings (SSSR count). The number of hydrogen-bond donors (Lipinski definition) is 3. The first kappa shape index (κ1) is 30.9. The Kier molecular flexibility index (Phi) is 10.8. The van der Waals surface area contributed by atoms with Crippen molar-refractivity contribution in [3.63, 3.8) is 0 Å². The molecule has 0 aliphatic carbocycles. The SMILES string of the molecule is CCC1CCCCN1C(=O)c1cccc(C(=O)N[C@@H](Cc2ccccc2)[C@@H](N)C[C@@H](C)C(=O)Nc2ccc(F)cc2)c1. The number of benzene rings is 3. The zero-order chi connectivity index (χ0) is 30.1. The number of piperidine rings is 1. The van der Waals surface area contributed by atoms with Crippen molar-refractivity contribution in [1.82, 2.24) is 10.2 Å². The highest BCUT2D eigenvalue weighted by Crippen LogP contribution is 2.22. The number of likely N-dealkylation sites (tertiary alicyclic amines) is 1. The Morgan fingerprint density at radius 2 is 1.69 bits per heavy atom. The third-order valence-corrected chi connectivity index (χ3v) is 8.05. The highest BCUT2D eigenvalue weighted by molar-refractivity contribution is 6.00. The molecule has 0 saturated carbocycles. The summed E-state index contributed by atoms with van der Waals surface area (Å²) in [5, 5.41) is 5.88. The molecule has 1 aliphatic heterocycles. The first-order valence-electron chi connectivity index (χ1n) is 14.8. The number of amides is 3. The van der Waals surface area contributed by atoms with Crippen LogP contribution in [0.1, 0.15) is 72.2 Å². The van der Waals surface area contributed by atoms with Crippen LogP contribution in [0.4, 0.5) is 10.1 Å². The second kappa shape index (κ2) is 14.7. The first-order valence-corrected chi connectivity index (χ1v) is 14.8. The minimum atomic E-state index is -0.536. The highest BCUT2D eigenvalue weighted by atomic mass is 19.1. The molecule has 1 fully saturated rings. The third-order valence-electron chi connectivity index (χ3n) is 8.05. The molecular weight excluding hydrogens is 531 g/mol. The predicted octanol–water partition coefficient (Wildman–Crippen LogP) is 5.56. The van der Waals surface area contributed by atoms with Crippen LogP contribution in [0.2, 0.25) is 0 Å². The van der Waals surface area contributed by atoms with Crippen molar-refractivity contribution in [2.75, 3.05) is 11.9 Å². The number of hydrogen-bond acceptors (Lipinski definition) is 4. The van der Waals surface area contributed by atoms with Gasteiger partial charge in [-0.25, -0.2) is 4.39 Å². The van der Waals surface area contributed by atoms with Crippen molar-refractivity contribution in [1.29, 1.82) is 0 Å². The van der Waals surface area contributed by atoms with Gasteiger partial charge in [-0.2, -0.15) is 0 Å². The quantitative estimate of drug-likeness (QED) is 0.280. The highest BCUT2D eigenvalue weighted by Gasteiger charge is 2.28. The Bertz CT molecular complexity index is 1350. The summed E-state index contributed by atoms with van der Waals surface area (Å²) in [6, 6.07) is 21.4. The van der Waals surface area contributed by atoms with E-state index in [2.05, 4.69) is 17.6 Å². The number of rotatable bonds is 11. The van der Waals surface area contributed by atoms with E-state index in [1.165, 1.54) is 24.3 Å². The number of nitrogens with two attached hydrogens (primary N) is 1. The molecule has 222 valence electrons. The van der Waals surface area contributed by atoms with Gasteiger partial charge in [0.1, 0.15) is 5.82 Å². The first-order chi connectivity index (χ1) is 20.2. The molecule has 0 aromatic heterocycles. The minimum absolute atomic E-state index is 0.0465. The molecule has 3 aromatic rings. The fourth-order valence-corrected chi connectivity index (χ4v) is 5.56. The van der Waals surface area contributed by atoms with E-state index in [0.29, 0.717) is 29.7 Å². The lowest BCUT2D eigenvalue weighted by atomic mass is 9.91. The summed E-state index contributed by atoms with van der Waals surface area (Å²) in [5.74, 6) is -1.45.